The van der Waals surface area contributed by atoms with Crippen molar-refractivity contribution in [1.82, 2.24) is 5.32 Å². The standard InChI is InChI=1S/C15H22N2OS/c1-10(2)13(14(16)19)15(18)17-9-8-12-7-5-4-6-11(12)3/h4-7,10,13H,8-9H2,1-3H3,(H2,16,19)(H,17,18). The molecule has 0 bridgehead atoms. The summed E-state index contributed by atoms with van der Waals surface area (Å²) in [6.07, 6.45) is 0.820. The molecule has 0 aliphatic rings. The molecule has 4 heteroatoms. The van der Waals surface area contributed by atoms with Crippen LogP contribution in [-0.2, 0) is 11.2 Å². The first-order chi connectivity index (χ1) is 8.93. The fraction of sp³-hybridized carbons (Fsp3) is 0.467. The van der Waals surface area contributed by atoms with Crippen molar-refractivity contribution in [2.75, 3.05) is 6.54 Å². The molecule has 0 fully saturated rings. The molecule has 0 aliphatic carbocycles. The van der Waals surface area contributed by atoms with Crippen molar-refractivity contribution in [2.45, 2.75) is 27.2 Å². The highest BCUT2D eigenvalue weighted by atomic mass is 32.1. The number of amides is 1. The van der Waals surface area contributed by atoms with Crippen molar-refractivity contribution in [2.24, 2.45) is 17.6 Å². The first kappa shape index (κ1) is 15.6. The van der Waals surface area contributed by atoms with Crippen LogP contribution in [0.15, 0.2) is 24.3 Å². The minimum Gasteiger partial charge on any atom is -0.393 e. The molecule has 1 aromatic rings. The highest BCUT2D eigenvalue weighted by Gasteiger charge is 2.24. The Labute approximate surface area is 120 Å². The van der Waals surface area contributed by atoms with Gasteiger partial charge in [-0.2, -0.15) is 0 Å². The summed E-state index contributed by atoms with van der Waals surface area (Å²) in [5.74, 6) is -0.334. The maximum atomic E-state index is 12.0. The van der Waals surface area contributed by atoms with Gasteiger partial charge in [0.15, 0.2) is 0 Å². The number of carbonyl (C=O) groups is 1. The second-order valence-electron chi connectivity index (χ2n) is 5.09. The zero-order valence-electron chi connectivity index (χ0n) is 11.8. The average Bonchev–Trinajstić information content (AvgIpc) is 2.30. The van der Waals surface area contributed by atoms with Crippen LogP contribution < -0.4 is 11.1 Å². The summed E-state index contributed by atoms with van der Waals surface area (Å²) >= 11 is 4.95. The molecule has 19 heavy (non-hydrogen) atoms. The topological polar surface area (TPSA) is 55.1 Å². The highest BCUT2D eigenvalue weighted by Crippen LogP contribution is 2.12. The highest BCUT2D eigenvalue weighted by molar-refractivity contribution is 7.80. The van der Waals surface area contributed by atoms with Crippen LogP contribution in [0.1, 0.15) is 25.0 Å². The Balaban J connectivity index is 2.51. The molecule has 104 valence electrons. The van der Waals surface area contributed by atoms with Crippen LogP contribution in [0.5, 0.6) is 0 Å². The van der Waals surface area contributed by atoms with Crippen LogP contribution in [0.4, 0.5) is 0 Å². The molecule has 0 radical (unpaired) electrons. The zero-order chi connectivity index (χ0) is 14.4. The van der Waals surface area contributed by atoms with E-state index in [9.17, 15) is 4.79 Å². The van der Waals surface area contributed by atoms with Crippen molar-refractivity contribution < 1.29 is 4.79 Å². The van der Waals surface area contributed by atoms with Crippen molar-refractivity contribution in [3.05, 3.63) is 35.4 Å². The summed E-state index contributed by atoms with van der Waals surface area (Å²) < 4.78 is 0. The Morgan fingerprint density at radius 2 is 2.00 bits per heavy atom. The third-order valence-electron chi connectivity index (χ3n) is 3.21. The number of carbonyl (C=O) groups excluding carboxylic acids is 1. The van der Waals surface area contributed by atoms with Crippen molar-refractivity contribution >= 4 is 23.1 Å². The van der Waals surface area contributed by atoms with E-state index < -0.39 is 0 Å². The number of hydrogen-bond donors (Lipinski definition) is 2. The molecule has 0 saturated carbocycles. The maximum absolute atomic E-state index is 12.0. The Morgan fingerprint density at radius 1 is 1.37 bits per heavy atom. The molecule has 0 saturated heterocycles. The van der Waals surface area contributed by atoms with Gasteiger partial charge < -0.3 is 11.1 Å². The van der Waals surface area contributed by atoms with E-state index in [4.69, 9.17) is 18.0 Å². The third-order valence-corrected chi connectivity index (χ3v) is 3.46. The van der Waals surface area contributed by atoms with Gasteiger partial charge in [-0.1, -0.05) is 50.3 Å². The molecular formula is C15H22N2OS. The summed E-state index contributed by atoms with van der Waals surface area (Å²) in [5, 5.41) is 2.91. The fourth-order valence-electron chi connectivity index (χ4n) is 2.08. The number of nitrogens with one attached hydrogen (secondary N) is 1. The van der Waals surface area contributed by atoms with Gasteiger partial charge in [-0.15, -0.1) is 0 Å². The van der Waals surface area contributed by atoms with Gasteiger partial charge in [0.1, 0.15) is 0 Å². The lowest BCUT2D eigenvalue weighted by Gasteiger charge is -2.19. The predicted octanol–water partition coefficient (Wildman–Crippen LogP) is 2.21. The molecule has 1 atom stereocenters. The minimum atomic E-state index is -0.383. The largest absolute Gasteiger partial charge is 0.393 e. The average molecular weight is 278 g/mol. The summed E-state index contributed by atoms with van der Waals surface area (Å²) in [4.78, 5) is 12.3. The van der Waals surface area contributed by atoms with Gasteiger partial charge in [-0.05, 0) is 30.4 Å². The van der Waals surface area contributed by atoms with E-state index in [1.165, 1.54) is 11.1 Å². The third kappa shape index (κ3) is 4.63. The lowest BCUT2D eigenvalue weighted by molar-refractivity contribution is -0.123. The Hall–Kier alpha value is -1.42. The summed E-state index contributed by atoms with van der Waals surface area (Å²) in [6, 6.07) is 8.17. The van der Waals surface area contributed by atoms with Crippen LogP contribution in [0, 0.1) is 18.8 Å². The van der Waals surface area contributed by atoms with Gasteiger partial charge in [0.05, 0.1) is 10.9 Å². The van der Waals surface area contributed by atoms with Crippen molar-refractivity contribution in [3.8, 4) is 0 Å². The predicted molar refractivity (Wildman–Crippen MR) is 83.0 cm³/mol. The Morgan fingerprint density at radius 3 is 2.53 bits per heavy atom. The van der Waals surface area contributed by atoms with Gasteiger partial charge in [0.25, 0.3) is 0 Å². The van der Waals surface area contributed by atoms with Crippen LogP contribution in [0.2, 0.25) is 0 Å². The number of hydrogen-bond acceptors (Lipinski definition) is 2. The van der Waals surface area contributed by atoms with Gasteiger partial charge in [0.2, 0.25) is 5.91 Å². The molecule has 1 amide bonds. The molecule has 1 rings (SSSR count). The molecule has 3 N–H and O–H groups in total. The molecule has 0 heterocycles. The van der Waals surface area contributed by atoms with Gasteiger partial charge in [-0.25, -0.2) is 0 Å². The van der Waals surface area contributed by atoms with Crippen molar-refractivity contribution in [1.29, 1.82) is 0 Å². The maximum Gasteiger partial charge on any atom is 0.230 e. The van der Waals surface area contributed by atoms with E-state index in [2.05, 4.69) is 24.4 Å². The number of aryl methyl sites for hydroxylation is 1. The lowest BCUT2D eigenvalue weighted by Crippen LogP contribution is -2.41. The number of rotatable bonds is 6. The number of nitrogens with two attached hydrogens (primary N) is 1. The second-order valence-corrected chi connectivity index (χ2v) is 5.56. The Bertz CT molecular complexity index is 457. The van der Waals surface area contributed by atoms with E-state index in [0.717, 1.165) is 6.42 Å². The van der Waals surface area contributed by atoms with Crippen LogP contribution in [0.25, 0.3) is 0 Å². The van der Waals surface area contributed by atoms with Crippen LogP contribution in [0.3, 0.4) is 0 Å². The number of thiocarbonyl (C=S) groups is 1. The van der Waals surface area contributed by atoms with E-state index in [-0.39, 0.29) is 22.7 Å². The van der Waals surface area contributed by atoms with Crippen molar-refractivity contribution in [3.63, 3.8) is 0 Å². The monoisotopic (exact) mass is 278 g/mol. The first-order valence-corrected chi connectivity index (χ1v) is 6.96. The van der Waals surface area contributed by atoms with Gasteiger partial charge >= 0.3 is 0 Å². The minimum absolute atomic E-state index is 0.0731. The van der Waals surface area contributed by atoms with E-state index in [0.29, 0.717) is 6.54 Å². The van der Waals surface area contributed by atoms with Gasteiger partial charge in [-0.3, -0.25) is 4.79 Å². The van der Waals surface area contributed by atoms with E-state index in [1.54, 1.807) is 0 Å². The second kappa shape index (κ2) is 7.24. The van der Waals surface area contributed by atoms with E-state index >= 15 is 0 Å². The quantitative estimate of drug-likeness (QED) is 0.784. The Kier molecular flexibility index (Phi) is 5.96. The summed E-state index contributed by atoms with van der Waals surface area (Å²) in [7, 11) is 0. The normalized spacial score (nSPS) is 12.2. The smallest absolute Gasteiger partial charge is 0.230 e. The molecular weight excluding hydrogens is 256 g/mol. The summed E-state index contributed by atoms with van der Waals surface area (Å²) in [6.45, 7) is 6.58. The fourth-order valence-corrected chi connectivity index (χ4v) is 2.46. The molecule has 1 aromatic carbocycles. The molecule has 0 aromatic heterocycles. The molecule has 3 nitrogen and oxygen atoms in total. The van der Waals surface area contributed by atoms with Crippen LogP contribution >= 0.6 is 12.2 Å². The zero-order valence-corrected chi connectivity index (χ0v) is 12.6. The molecule has 0 aliphatic heterocycles. The lowest BCUT2D eigenvalue weighted by atomic mass is 9.95. The van der Waals surface area contributed by atoms with Gasteiger partial charge in [0, 0.05) is 6.54 Å². The molecule has 1 unspecified atom stereocenters. The van der Waals surface area contributed by atoms with Crippen LogP contribution in [-0.4, -0.2) is 17.4 Å². The van der Waals surface area contributed by atoms with E-state index in [1.807, 2.05) is 26.0 Å². The first-order valence-electron chi connectivity index (χ1n) is 6.55. The molecule has 0 spiro atoms. The number of benzene rings is 1. The SMILES string of the molecule is Cc1ccccc1CCNC(=O)C(C(N)=S)C(C)C. The summed E-state index contributed by atoms with van der Waals surface area (Å²) in [5.41, 5.74) is 8.11.